The number of aliphatic hydroxyl groups is 1. The van der Waals surface area contributed by atoms with Gasteiger partial charge in [0.1, 0.15) is 11.8 Å². The summed E-state index contributed by atoms with van der Waals surface area (Å²) in [5.74, 6) is -0.513. The molecule has 0 saturated carbocycles. The molecule has 0 unspecified atom stereocenters. The van der Waals surface area contributed by atoms with Gasteiger partial charge in [-0.25, -0.2) is 4.98 Å². The van der Waals surface area contributed by atoms with E-state index < -0.39 is 12.0 Å². The Labute approximate surface area is 154 Å². The lowest BCUT2D eigenvalue weighted by atomic mass is 10.1. The molecular formula is C18H19N5O2S. The van der Waals surface area contributed by atoms with E-state index in [2.05, 4.69) is 15.0 Å². The normalized spacial score (nSPS) is 14.9. The van der Waals surface area contributed by atoms with Crippen LogP contribution in [0.4, 0.5) is 5.13 Å². The van der Waals surface area contributed by atoms with E-state index in [1.54, 1.807) is 5.38 Å². The van der Waals surface area contributed by atoms with E-state index in [1.165, 1.54) is 11.3 Å². The first-order valence-corrected chi connectivity index (χ1v) is 9.27. The van der Waals surface area contributed by atoms with Crippen LogP contribution in [0, 0.1) is 0 Å². The van der Waals surface area contributed by atoms with Crippen LogP contribution >= 0.6 is 11.3 Å². The molecule has 3 aromatic rings. The van der Waals surface area contributed by atoms with E-state index in [-0.39, 0.29) is 0 Å². The highest BCUT2D eigenvalue weighted by Gasteiger charge is 2.23. The fourth-order valence-corrected chi connectivity index (χ4v) is 3.92. The highest BCUT2D eigenvalue weighted by Crippen LogP contribution is 2.26. The van der Waals surface area contributed by atoms with Crippen molar-refractivity contribution in [2.45, 2.75) is 25.6 Å². The summed E-state index contributed by atoms with van der Waals surface area (Å²) in [4.78, 5) is 17.6. The molecule has 3 N–H and O–H groups in total. The van der Waals surface area contributed by atoms with Gasteiger partial charge in [-0.15, -0.1) is 11.3 Å². The molecule has 8 heteroatoms. The molecule has 26 heavy (non-hydrogen) atoms. The maximum atomic E-state index is 11.2. The minimum absolute atomic E-state index is 0.294. The molecule has 0 bridgehead atoms. The van der Waals surface area contributed by atoms with E-state index >= 15 is 0 Å². The van der Waals surface area contributed by atoms with Gasteiger partial charge in [0.2, 0.25) is 0 Å². The summed E-state index contributed by atoms with van der Waals surface area (Å²) in [7, 11) is 0. The standard InChI is InChI=1S/C18H19N5O2S/c19-17(25)15-11-26-18(20-15)22-6-7-23-13(10-22)9-14(21-23)16(24)8-12-4-2-1-3-5-12/h1-5,9,11,16,24H,6-8,10H2,(H2,19,25)/t16-/m1/s1. The molecule has 4 rings (SSSR count). The Morgan fingerprint density at radius 3 is 2.85 bits per heavy atom. The van der Waals surface area contributed by atoms with Gasteiger partial charge in [-0.1, -0.05) is 30.3 Å². The zero-order valence-electron chi connectivity index (χ0n) is 14.1. The summed E-state index contributed by atoms with van der Waals surface area (Å²) in [5.41, 5.74) is 8.36. The average molecular weight is 369 g/mol. The molecule has 1 aliphatic heterocycles. The van der Waals surface area contributed by atoms with Crippen LogP contribution < -0.4 is 10.6 Å². The van der Waals surface area contributed by atoms with Crippen LogP contribution in [0.1, 0.15) is 33.5 Å². The van der Waals surface area contributed by atoms with Gasteiger partial charge >= 0.3 is 0 Å². The number of thiazole rings is 1. The molecule has 134 valence electrons. The smallest absolute Gasteiger partial charge is 0.268 e. The number of rotatable bonds is 5. The van der Waals surface area contributed by atoms with E-state index in [0.29, 0.717) is 30.9 Å². The van der Waals surface area contributed by atoms with E-state index in [4.69, 9.17) is 5.73 Å². The van der Waals surface area contributed by atoms with Crippen molar-refractivity contribution in [2.24, 2.45) is 5.73 Å². The molecule has 0 saturated heterocycles. The fourth-order valence-electron chi connectivity index (χ4n) is 3.08. The Hall–Kier alpha value is -2.71. The number of hydrogen-bond donors (Lipinski definition) is 2. The van der Waals surface area contributed by atoms with Crippen LogP contribution in [0.3, 0.4) is 0 Å². The summed E-state index contributed by atoms with van der Waals surface area (Å²) in [5, 5.41) is 17.5. The van der Waals surface area contributed by atoms with Crippen LogP contribution in [0.5, 0.6) is 0 Å². The summed E-state index contributed by atoms with van der Waals surface area (Å²) in [6.45, 7) is 2.09. The number of nitrogens with two attached hydrogens (primary N) is 1. The maximum Gasteiger partial charge on any atom is 0.268 e. The van der Waals surface area contributed by atoms with Crippen LogP contribution in [-0.4, -0.2) is 32.3 Å². The van der Waals surface area contributed by atoms with Crippen molar-refractivity contribution in [3.8, 4) is 0 Å². The number of hydrogen-bond acceptors (Lipinski definition) is 6. The number of anilines is 1. The lowest BCUT2D eigenvalue weighted by molar-refractivity contribution is 0.0996. The zero-order valence-corrected chi connectivity index (χ0v) is 14.9. The van der Waals surface area contributed by atoms with E-state index in [9.17, 15) is 9.90 Å². The van der Waals surface area contributed by atoms with Gasteiger partial charge in [0.15, 0.2) is 5.13 Å². The topological polar surface area (TPSA) is 97.3 Å². The number of primary amides is 1. The van der Waals surface area contributed by atoms with Gasteiger partial charge in [-0.3, -0.25) is 9.48 Å². The molecule has 0 aliphatic carbocycles. The quantitative estimate of drug-likeness (QED) is 0.714. The average Bonchev–Trinajstić information content (AvgIpc) is 3.29. The van der Waals surface area contributed by atoms with Gasteiger partial charge in [0.05, 0.1) is 24.5 Å². The van der Waals surface area contributed by atoms with Gasteiger partial charge in [-0.05, 0) is 11.6 Å². The summed E-state index contributed by atoms with van der Waals surface area (Å²) < 4.78 is 1.93. The predicted octanol–water partition coefficient (Wildman–Crippen LogP) is 1.73. The second kappa shape index (κ2) is 6.89. The van der Waals surface area contributed by atoms with Crippen LogP contribution in [0.25, 0.3) is 0 Å². The summed E-state index contributed by atoms with van der Waals surface area (Å²) in [6, 6.07) is 11.8. The van der Waals surface area contributed by atoms with Crippen molar-refractivity contribution in [1.82, 2.24) is 14.8 Å². The van der Waals surface area contributed by atoms with Crippen LogP contribution in [-0.2, 0) is 19.5 Å². The third-order valence-corrected chi connectivity index (χ3v) is 5.35. The number of carbonyl (C=O) groups excluding carboxylic acids is 1. The molecule has 1 aromatic carbocycles. The van der Waals surface area contributed by atoms with Crippen molar-refractivity contribution >= 4 is 22.4 Å². The predicted molar refractivity (Wildman–Crippen MR) is 99.0 cm³/mol. The van der Waals surface area contributed by atoms with E-state index in [0.717, 1.165) is 22.9 Å². The zero-order chi connectivity index (χ0) is 18.1. The Kier molecular flexibility index (Phi) is 4.44. The van der Waals surface area contributed by atoms with Crippen molar-refractivity contribution in [3.05, 3.63) is 64.4 Å². The first-order chi connectivity index (χ1) is 12.6. The van der Waals surface area contributed by atoms with Gasteiger partial charge in [0, 0.05) is 18.3 Å². The highest BCUT2D eigenvalue weighted by atomic mass is 32.1. The molecule has 0 spiro atoms. The third kappa shape index (κ3) is 3.33. The number of fused-ring (bicyclic) bond motifs is 1. The second-order valence-corrected chi connectivity index (χ2v) is 7.13. The monoisotopic (exact) mass is 369 g/mol. The van der Waals surface area contributed by atoms with Gasteiger partial charge < -0.3 is 15.7 Å². The SMILES string of the molecule is NC(=O)c1csc(N2CCn3nc([C@H](O)Cc4ccccc4)cc3C2)n1. The molecule has 0 fully saturated rings. The molecule has 3 heterocycles. The second-order valence-electron chi connectivity index (χ2n) is 6.29. The largest absolute Gasteiger partial charge is 0.386 e. The van der Waals surface area contributed by atoms with Crippen molar-refractivity contribution in [2.75, 3.05) is 11.4 Å². The minimum Gasteiger partial charge on any atom is -0.386 e. The van der Waals surface area contributed by atoms with Crippen LogP contribution in [0.15, 0.2) is 41.8 Å². The Morgan fingerprint density at radius 2 is 2.12 bits per heavy atom. The lowest BCUT2D eigenvalue weighted by Crippen LogP contribution is -2.33. The summed E-state index contributed by atoms with van der Waals surface area (Å²) in [6.07, 6.45) is -0.0968. The molecule has 0 radical (unpaired) electrons. The Bertz CT molecular complexity index is 921. The first kappa shape index (κ1) is 16.7. The van der Waals surface area contributed by atoms with E-state index in [1.807, 2.05) is 41.1 Å². The number of benzene rings is 1. The van der Waals surface area contributed by atoms with Gasteiger partial charge in [-0.2, -0.15) is 5.10 Å². The molecule has 1 aliphatic rings. The number of aromatic nitrogens is 3. The Morgan fingerprint density at radius 1 is 1.31 bits per heavy atom. The molecule has 1 amide bonds. The maximum absolute atomic E-state index is 11.2. The van der Waals surface area contributed by atoms with Crippen molar-refractivity contribution in [3.63, 3.8) is 0 Å². The minimum atomic E-state index is -0.634. The highest BCUT2D eigenvalue weighted by molar-refractivity contribution is 7.13. The van der Waals surface area contributed by atoms with Crippen LogP contribution in [0.2, 0.25) is 0 Å². The molecule has 2 aromatic heterocycles. The number of aliphatic hydroxyl groups excluding tert-OH is 1. The van der Waals surface area contributed by atoms with Gasteiger partial charge in [0.25, 0.3) is 5.91 Å². The molecular weight excluding hydrogens is 350 g/mol. The van der Waals surface area contributed by atoms with Crippen molar-refractivity contribution < 1.29 is 9.90 Å². The van der Waals surface area contributed by atoms with Crippen molar-refractivity contribution in [1.29, 1.82) is 0 Å². The number of nitrogens with zero attached hydrogens (tertiary/aromatic N) is 4. The number of amides is 1. The third-order valence-electron chi connectivity index (χ3n) is 4.45. The fraction of sp³-hybridized carbons (Fsp3) is 0.278. The molecule has 1 atom stereocenters. The molecule has 7 nitrogen and oxygen atoms in total. The Balaban J connectivity index is 1.48. The summed E-state index contributed by atoms with van der Waals surface area (Å²) >= 11 is 1.41. The first-order valence-electron chi connectivity index (χ1n) is 8.39. The number of carbonyl (C=O) groups is 1. The lowest BCUT2D eigenvalue weighted by Gasteiger charge is -2.27.